The minimum absolute atomic E-state index is 0.0264. The van der Waals surface area contributed by atoms with Crippen molar-refractivity contribution in [3.8, 4) is 28.4 Å². The molecule has 0 atom stereocenters. The summed E-state index contributed by atoms with van der Waals surface area (Å²) >= 11 is 0. The number of nitrogens with zero attached hydrogens (tertiary/aromatic N) is 4. The molecule has 0 unspecified atom stereocenters. The van der Waals surface area contributed by atoms with Crippen LogP contribution in [0, 0.1) is 0 Å². The minimum atomic E-state index is -0.419. The molecule has 4 rings (SSSR count). The van der Waals surface area contributed by atoms with Gasteiger partial charge in [0.1, 0.15) is 6.54 Å². The van der Waals surface area contributed by atoms with E-state index in [2.05, 4.69) is 10.3 Å². The zero-order chi connectivity index (χ0) is 27.1. The number of hydrogen-bond acceptors (Lipinski definition) is 7. The minimum Gasteiger partial charge on any atom is -0.493 e. The van der Waals surface area contributed by atoms with Gasteiger partial charge in [0.15, 0.2) is 11.5 Å². The van der Waals surface area contributed by atoms with Crippen molar-refractivity contribution in [3.05, 3.63) is 84.8 Å². The number of anilines is 1. The lowest BCUT2D eigenvalue weighted by atomic mass is 10.1. The molecule has 2 heterocycles. The summed E-state index contributed by atoms with van der Waals surface area (Å²) in [6.45, 7) is 3.92. The first-order chi connectivity index (χ1) is 18.4. The average molecular weight is 514 g/mol. The summed E-state index contributed by atoms with van der Waals surface area (Å²) in [5, 5.41) is 2.51. The Labute approximate surface area is 222 Å². The SMILES string of the molecule is COc1ccc(CC(=O)NC(=O)CN(c2nc(-c3ccncc3)cn2-c2ccccc2)C(C)C)cc1OC. The number of ether oxygens (including phenoxy) is 2. The largest absolute Gasteiger partial charge is 0.493 e. The maximum absolute atomic E-state index is 13.0. The highest BCUT2D eigenvalue weighted by molar-refractivity contribution is 5.98. The molecule has 0 saturated heterocycles. The second kappa shape index (κ2) is 12.1. The summed E-state index contributed by atoms with van der Waals surface area (Å²) in [4.78, 5) is 36.6. The van der Waals surface area contributed by atoms with Crippen LogP contribution in [0.4, 0.5) is 5.95 Å². The molecule has 0 saturated carbocycles. The standard InChI is InChI=1S/C29H31N5O4/c1-20(2)33(19-28(36)32-27(35)17-21-10-11-25(37-3)26(16-21)38-4)29-31-24(22-12-14-30-15-13-22)18-34(29)23-8-6-5-7-9-23/h5-16,18,20H,17,19H2,1-4H3,(H,32,35,36). The van der Waals surface area contributed by atoms with Crippen LogP contribution in [0.3, 0.4) is 0 Å². The first kappa shape index (κ1) is 26.4. The summed E-state index contributed by atoms with van der Waals surface area (Å²) in [5.74, 6) is 0.862. The van der Waals surface area contributed by atoms with Crippen molar-refractivity contribution in [3.63, 3.8) is 0 Å². The van der Waals surface area contributed by atoms with Crippen molar-refractivity contribution in [2.24, 2.45) is 0 Å². The van der Waals surface area contributed by atoms with Crippen molar-refractivity contribution in [1.29, 1.82) is 0 Å². The van der Waals surface area contributed by atoms with Crippen LogP contribution in [-0.4, -0.2) is 53.2 Å². The van der Waals surface area contributed by atoms with Gasteiger partial charge in [-0.05, 0) is 55.8 Å². The Morgan fingerprint density at radius 1 is 0.947 bits per heavy atom. The number of imidazole rings is 1. The Balaban J connectivity index is 1.55. The number of aromatic nitrogens is 3. The van der Waals surface area contributed by atoms with E-state index in [9.17, 15) is 9.59 Å². The van der Waals surface area contributed by atoms with Gasteiger partial charge in [-0.2, -0.15) is 0 Å². The van der Waals surface area contributed by atoms with E-state index in [-0.39, 0.29) is 19.0 Å². The van der Waals surface area contributed by atoms with E-state index in [0.29, 0.717) is 23.0 Å². The number of hydrogen-bond donors (Lipinski definition) is 1. The predicted octanol–water partition coefficient (Wildman–Crippen LogP) is 4.05. The summed E-state index contributed by atoms with van der Waals surface area (Å²) in [5.41, 5.74) is 3.28. The Kier molecular flexibility index (Phi) is 8.37. The summed E-state index contributed by atoms with van der Waals surface area (Å²) in [6.07, 6.45) is 5.40. The zero-order valence-electron chi connectivity index (χ0n) is 21.9. The molecule has 2 aromatic heterocycles. The smallest absolute Gasteiger partial charge is 0.246 e. The van der Waals surface area contributed by atoms with E-state index in [1.807, 2.05) is 72.0 Å². The second-order valence-corrected chi connectivity index (χ2v) is 8.93. The van der Waals surface area contributed by atoms with E-state index in [4.69, 9.17) is 14.5 Å². The van der Waals surface area contributed by atoms with Crippen molar-refractivity contribution in [1.82, 2.24) is 19.9 Å². The molecular formula is C29H31N5O4. The van der Waals surface area contributed by atoms with E-state index in [1.165, 1.54) is 7.11 Å². The van der Waals surface area contributed by atoms with Crippen molar-refractivity contribution in [2.75, 3.05) is 25.7 Å². The number of carbonyl (C=O) groups is 2. The van der Waals surface area contributed by atoms with Gasteiger partial charge in [-0.15, -0.1) is 0 Å². The van der Waals surface area contributed by atoms with Crippen LogP contribution in [0.2, 0.25) is 0 Å². The number of carbonyl (C=O) groups excluding carboxylic acids is 2. The molecule has 0 aliphatic heterocycles. The Morgan fingerprint density at radius 3 is 2.32 bits per heavy atom. The molecule has 2 aromatic carbocycles. The molecule has 9 nitrogen and oxygen atoms in total. The van der Waals surface area contributed by atoms with Gasteiger partial charge in [0.2, 0.25) is 17.8 Å². The lowest BCUT2D eigenvalue weighted by Gasteiger charge is -2.27. The molecule has 0 aliphatic carbocycles. The Bertz CT molecular complexity index is 1390. The van der Waals surface area contributed by atoms with E-state index in [1.54, 1.807) is 37.7 Å². The average Bonchev–Trinajstić information content (AvgIpc) is 3.37. The van der Waals surface area contributed by atoms with Crippen LogP contribution in [0.25, 0.3) is 16.9 Å². The summed E-state index contributed by atoms with van der Waals surface area (Å²) < 4.78 is 12.5. The maximum Gasteiger partial charge on any atom is 0.246 e. The number of benzene rings is 2. The van der Waals surface area contributed by atoms with Crippen LogP contribution >= 0.6 is 0 Å². The third kappa shape index (κ3) is 6.18. The van der Waals surface area contributed by atoms with Crippen LogP contribution in [-0.2, 0) is 16.0 Å². The quantitative estimate of drug-likeness (QED) is 0.342. The topological polar surface area (TPSA) is 98.6 Å². The molecule has 0 fully saturated rings. The van der Waals surface area contributed by atoms with Gasteiger partial charge < -0.3 is 14.4 Å². The molecule has 38 heavy (non-hydrogen) atoms. The van der Waals surface area contributed by atoms with Crippen LogP contribution < -0.4 is 19.7 Å². The number of nitrogens with one attached hydrogen (secondary N) is 1. The normalized spacial score (nSPS) is 10.8. The van der Waals surface area contributed by atoms with Crippen LogP contribution in [0.1, 0.15) is 19.4 Å². The molecule has 0 bridgehead atoms. The van der Waals surface area contributed by atoms with Crippen molar-refractivity contribution < 1.29 is 19.1 Å². The summed E-state index contributed by atoms with van der Waals surface area (Å²) in [7, 11) is 3.08. The fourth-order valence-electron chi connectivity index (χ4n) is 4.07. The third-order valence-electron chi connectivity index (χ3n) is 5.98. The fraction of sp³-hybridized carbons (Fsp3) is 0.241. The number of para-hydroxylation sites is 1. The number of imide groups is 1. The number of rotatable bonds is 10. The van der Waals surface area contributed by atoms with E-state index in [0.717, 1.165) is 16.9 Å². The fourth-order valence-corrected chi connectivity index (χ4v) is 4.07. The molecule has 0 spiro atoms. The highest BCUT2D eigenvalue weighted by Crippen LogP contribution is 2.28. The second-order valence-electron chi connectivity index (χ2n) is 8.93. The van der Waals surface area contributed by atoms with Crippen LogP contribution in [0.5, 0.6) is 11.5 Å². The highest BCUT2D eigenvalue weighted by Gasteiger charge is 2.23. The van der Waals surface area contributed by atoms with E-state index < -0.39 is 11.8 Å². The van der Waals surface area contributed by atoms with Gasteiger partial charge in [0.05, 0.1) is 26.3 Å². The van der Waals surface area contributed by atoms with Crippen molar-refractivity contribution in [2.45, 2.75) is 26.3 Å². The maximum atomic E-state index is 13.0. The Hall–Kier alpha value is -4.66. The van der Waals surface area contributed by atoms with Crippen molar-refractivity contribution >= 4 is 17.8 Å². The zero-order valence-corrected chi connectivity index (χ0v) is 21.9. The molecule has 0 radical (unpaired) electrons. The molecular weight excluding hydrogens is 482 g/mol. The molecule has 196 valence electrons. The van der Waals surface area contributed by atoms with E-state index >= 15 is 0 Å². The Morgan fingerprint density at radius 2 is 1.66 bits per heavy atom. The van der Waals surface area contributed by atoms with Gasteiger partial charge in [0, 0.05) is 35.9 Å². The molecule has 2 amide bonds. The number of methoxy groups -OCH3 is 2. The van der Waals surface area contributed by atoms with Crippen LogP contribution in [0.15, 0.2) is 79.3 Å². The monoisotopic (exact) mass is 513 g/mol. The number of pyridine rings is 1. The van der Waals surface area contributed by atoms with Gasteiger partial charge >= 0.3 is 0 Å². The first-order valence-corrected chi connectivity index (χ1v) is 12.2. The van der Waals surface area contributed by atoms with Gasteiger partial charge in [-0.1, -0.05) is 24.3 Å². The molecule has 0 aliphatic rings. The third-order valence-corrected chi connectivity index (χ3v) is 5.98. The van der Waals surface area contributed by atoms with Gasteiger partial charge in [-0.3, -0.25) is 24.5 Å². The highest BCUT2D eigenvalue weighted by atomic mass is 16.5. The number of amides is 2. The molecule has 1 N–H and O–H groups in total. The van der Waals surface area contributed by atoms with Gasteiger partial charge in [0.25, 0.3) is 0 Å². The summed E-state index contributed by atoms with van der Waals surface area (Å²) in [6, 6.07) is 18.7. The lowest BCUT2D eigenvalue weighted by molar-refractivity contribution is -0.129. The first-order valence-electron chi connectivity index (χ1n) is 12.2. The predicted molar refractivity (Wildman–Crippen MR) is 146 cm³/mol. The molecule has 9 heteroatoms. The van der Waals surface area contributed by atoms with Gasteiger partial charge in [-0.25, -0.2) is 4.98 Å². The lowest BCUT2D eigenvalue weighted by Crippen LogP contribution is -2.44. The molecule has 4 aromatic rings.